The van der Waals surface area contributed by atoms with Gasteiger partial charge in [0.1, 0.15) is 5.69 Å². The molecular formula is C11H7BrF3N3O. The molecule has 0 aliphatic carbocycles. The lowest BCUT2D eigenvalue weighted by molar-refractivity contribution is -0.137. The molecule has 3 N–H and O–H groups in total. The van der Waals surface area contributed by atoms with Crippen LogP contribution >= 0.6 is 15.9 Å². The largest absolute Gasteiger partial charge is 0.416 e. The van der Waals surface area contributed by atoms with Crippen LogP contribution in [-0.4, -0.2) is 16.1 Å². The molecule has 1 aromatic carbocycles. The molecule has 1 aromatic heterocycles. The van der Waals surface area contributed by atoms with Crippen molar-refractivity contribution in [3.8, 4) is 11.3 Å². The van der Waals surface area contributed by atoms with E-state index in [4.69, 9.17) is 5.73 Å². The molecular weight excluding hydrogens is 327 g/mol. The molecule has 1 heterocycles. The predicted molar refractivity (Wildman–Crippen MR) is 65.2 cm³/mol. The van der Waals surface area contributed by atoms with Gasteiger partial charge in [-0.15, -0.1) is 0 Å². The van der Waals surface area contributed by atoms with Crippen molar-refractivity contribution in [2.75, 3.05) is 0 Å². The summed E-state index contributed by atoms with van der Waals surface area (Å²) in [6.07, 6.45) is -4.41. The molecule has 0 aliphatic heterocycles. The summed E-state index contributed by atoms with van der Waals surface area (Å²) in [4.78, 5) is 10.9. The molecule has 2 rings (SSSR count). The Bertz CT molecular complexity index is 636. The van der Waals surface area contributed by atoms with Crippen molar-refractivity contribution < 1.29 is 18.0 Å². The Morgan fingerprint density at radius 2 is 2.00 bits per heavy atom. The standard InChI is InChI=1S/C11H7BrF3N3O/c12-7-3-5(11(13,14)15)1-2-6(7)8-4-9(10(16)19)18-17-8/h1-4H,(H2,16,19)(H,17,18). The number of nitrogens with two attached hydrogens (primary N) is 1. The Labute approximate surface area is 113 Å². The van der Waals surface area contributed by atoms with Crippen LogP contribution < -0.4 is 5.73 Å². The Kier molecular flexibility index (Phi) is 3.36. The van der Waals surface area contributed by atoms with Crippen LogP contribution in [0.15, 0.2) is 28.7 Å². The lowest BCUT2D eigenvalue weighted by Crippen LogP contribution is -2.10. The summed E-state index contributed by atoms with van der Waals surface area (Å²) in [5.74, 6) is -0.693. The van der Waals surface area contributed by atoms with Crippen molar-refractivity contribution in [1.29, 1.82) is 0 Å². The van der Waals surface area contributed by atoms with Crippen molar-refractivity contribution in [2.24, 2.45) is 5.73 Å². The first-order chi connectivity index (χ1) is 8.79. The van der Waals surface area contributed by atoms with Crippen molar-refractivity contribution in [3.05, 3.63) is 40.0 Å². The van der Waals surface area contributed by atoms with Crippen LogP contribution in [0, 0.1) is 0 Å². The normalized spacial score (nSPS) is 11.6. The molecule has 0 spiro atoms. The number of nitrogens with one attached hydrogen (secondary N) is 1. The maximum absolute atomic E-state index is 12.5. The number of carbonyl (C=O) groups is 1. The Morgan fingerprint density at radius 3 is 2.47 bits per heavy atom. The molecule has 100 valence electrons. The van der Waals surface area contributed by atoms with Gasteiger partial charge in [-0.3, -0.25) is 9.89 Å². The molecule has 0 fully saturated rings. The topological polar surface area (TPSA) is 71.8 Å². The SMILES string of the molecule is NC(=O)c1cc(-c2ccc(C(F)(F)F)cc2Br)n[nH]1. The zero-order chi connectivity index (χ0) is 14.2. The number of hydrogen-bond acceptors (Lipinski definition) is 2. The fourth-order valence-corrected chi connectivity index (χ4v) is 2.07. The molecule has 0 saturated carbocycles. The molecule has 4 nitrogen and oxygen atoms in total. The highest BCUT2D eigenvalue weighted by molar-refractivity contribution is 9.10. The molecule has 0 aliphatic rings. The highest BCUT2D eigenvalue weighted by atomic mass is 79.9. The smallest absolute Gasteiger partial charge is 0.364 e. The molecule has 0 atom stereocenters. The molecule has 0 unspecified atom stereocenters. The first-order valence-electron chi connectivity index (χ1n) is 5.01. The molecule has 0 bridgehead atoms. The number of alkyl halides is 3. The molecule has 0 radical (unpaired) electrons. The van der Waals surface area contributed by atoms with Gasteiger partial charge in [0.15, 0.2) is 0 Å². The quantitative estimate of drug-likeness (QED) is 0.886. The van der Waals surface area contributed by atoms with Crippen LogP contribution in [0.1, 0.15) is 16.1 Å². The third-order valence-electron chi connectivity index (χ3n) is 2.42. The van der Waals surface area contributed by atoms with Gasteiger partial charge in [-0.2, -0.15) is 18.3 Å². The average molecular weight is 334 g/mol. The van der Waals surface area contributed by atoms with E-state index in [1.807, 2.05) is 0 Å². The zero-order valence-corrected chi connectivity index (χ0v) is 10.8. The van der Waals surface area contributed by atoms with Crippen LogP contribution in [0.4, 0.5) is 13.2 Å². The van der Waals surface area contributed by atoms with Crippen molar-refractivity contribution in [2.45, 2.75) is 6.18 Å². The van der Waals surface area contributed by atoms with Crippen LogP contribution in [0.25, 0.3) is 11.3 Å². The van der Waals surface area contributed by atoms with Gasteiger partial charge in [0, 0.05) is 10.0 Å². The number of hydrogen-bond donors (Lipinski definition) is 2. The summed E-state index contributed by atoms with van der Waals surface area (Å²) >= 11 is 3.05. The Morgan fingerprint density at radius 1 is 1.32 bits per heavy atom. The number of nitrogens with zero attached hydrogens (tertiary/aromatic N) is 1. The second kappa shape index (κ2) is 4.69. The number of primary amides is 1. The van der Waals surface area contributed by atoms with Gasteiger partial charge in [-0.1, -0.05) is 22.0 Å². The highest BCUT2D eigenvalue weighted by Crippen LogP contribution is 2.35. The van der Waals surface area contributed by atoms with Gasteiger partial charge in [0.2, 0.25) is 0 Å². The number of aromatic nitrogens is 2. The molecule has 0 saturated heterocycles. The van der Waals surface area contributed by atoms with E-state index in [2.05, 4.69) is 26.1 Å². The summed E-state index contributed by atoms with van der Waals surface area (Å²) in [6.45, 7) is 0. The summed E-state index contributed by atoms with van der Waals surface area (Å²) in [7, 11) is 0. The van der Waals surface area contributed by atoms with Crippen molar-refractivity contribution in [1.82, 2.24) is 10.2 Å². The lowest BCUT2D eigenvalue weighted by atomic mass is 10.1. The minimum absolute atomic E-state index is 0.0850. The van der Waals surface area contributed by atoms with Gasteiger partial charge in [0.05, 0.1) is 11.3 Å². The Hall–Kier alpha value is -1.83. The van der Waals surface area contributed by atoms with E-state index >= 15 is 0 Å². The lowest BCUT2D eigenvalue weighted by Gasteiger charge is -2.08. The van der Waals surface area contributed by atoms with E-state index in [-0.39, 0.29) is 10.2 Å². The monoisotopic (exact) mass is 333 g/mol. The molecule has 1 amide bonds. The van der Waals surface area contributed by atoms with Crippen LogP contribution in [0.3, 0.4) is 0 Å². The fraction of sp³-hybridized carbons (Fsp3) is 0.0909. The number of aromatic amines is 1. The molecule has 8 heteroatoms. The maximum Gasteiger partial charge on any atom is 0.416 e. The average Bonchev–Trinajstić information content (AvgIpc) is 2.76. The van der Waals surface area contributed by atoms with Crippen LogP contribution in [0.5, 0.6) is 0 Å². The second-order valence-electron chi connectivity index (χ2n) is 3.72. The highest BCUT2D eigenvalue weighted by Gasteiger charge is 2.31. The number of carbonyl (C=O) groups excluding carboxylic acids is 1. The van der Waals surface area contributed by atoms with Gasteiger partial charge < -0.3 is 5.73 Å². The van der Waals surface area contributed by atoms with Gasteiger partial charge in [-0.25, -0.2) is 0 Å². The second-order valence-corrected chi connectivity index (χ2v) is 4.58. The summed E-state index contributed by atoms with van der Waals surface area (Å²) < 4.78 is 37.8. The Balaban J connectivity index is 2.43. The molecule has 2 aromatic rings. The minimum atomic E-state index is -4.41. The number of rotatable bonds is 2. The van der Waals surface area contributed by atoms with Crippen molar-refractivity contribution >= 4 is 21.8 Å². The number of amides is 1. The summed E-state index contributed by atoms with van der Waals surface area (Å²) in [5.41, 5.74) is 5.12. The van der Waals surface area contributed by atoms with E-state index in [1.54, 1.807) is 0 Å². The van der Waals surface area contributed by atoms with E-state index in [9.17, 15) is 18.0 Å². The first-order valence-corrected chi connectivity index (χ1v) is 5.80. The summed E-state index contributed by atoms with van der Waals surface area (Å²) in [6, 6.07) is 4.54. The van der Waals surface area contributed by atoms with Crippen molar-refractivity contribution in [3.63, 3.8) is 0 Å². The third-order valence-corrected chi connectivity index (χ3v) is 3.07. The minimum Gasteiger partial charge on any atom is -0.364 e. The number of H-pyrrole nitrogens is 1. The van der Waals surface area contributed by atoms with Gasteiger partial charge in [-0.05, 0) is 18.2 Å². The van der Waals surface area contributed by atoms with E-state index in [0.717, 1.165) is 12.1 Å². The van der Waals surface area contributed by atoms with Gasteiger partial charge in [0.25, 0.3) is 5.91 Å². The predicted octanol–water partition coefficient (Wildman–Crippen LogP) is 2.96. The van der Waals surface area contributed by atoms with Crippen LogP contribution in [0.2, 0.25) is 0 Å². The summed E-state index contributed by atoms with van der Waals surface area (Å²) in [5, 5.41) is 6.23. The third kappa shape index (κ3) is 2.78. The van der Waals surface area contributed by atoms with E-state index in [1.165, 1.54) is 12.1 Å². The van der Waals surface area contributed by atoms with E-state index < -0.39 is 17.6 Å². The zero-order valence-electron chi connectivity index (χ0n) is 9.25. The maximum atomic E-state index is 12.5. The number of benzene rings is 1. The first kappa shape index (κ1) is 13.6. The van der Waals surface area contributed by atoms with Crippen LogP contribution in [-0.2, 0) is 6.18 Å². The molecule has 19 heavy (non-hydrogen) atoms. The van der Waals surface area contributed by atoms with E-state index in [0.29, 0.717) is 11.3 Å². The fourth-order valence-electron chi connectivity index (χ4n) is 1.49. The number of halogens is 4. The van der Waals surface area contributed by atoms with Gasteiger partial charge >= 0.3 is 6.18 Å².